The molecule has 0 bridgehead atoms. The predicted molar refractivity (Wildman–Crippen MR) is 48.5 cm³/mol. The van der Waals surface area contributed by atoms with Gasteiger partial charge in [0.1, 0.15) is 0 Å². The molecule has 14 heavy (non-hydrogen) atoms. The van der Waals surface area contributed by atoms with Gasteiger partial charge in [-0.25, -0.2) is 0 Å². The molecule has 0 radical (unpaired) electrons. The normalized spacial score (nSPS) is 16.3. The Bertz CT molecular complexity index is 223. The van der Waals surface area contributed by atoms with E-state index in [1.54, 1.807) is 6.92 Å². The monoisotopic (exact) mass is 201 g/mol. The molecule has 1 heterocycles. The first-order chi connectivity index (χ1) is 6.63. The summed E-state index contributed by atoms with van der Waals surface area (Å²) in [5.74, 6) is -0.440. The molecule has 0 aromatic heterocycles. The molecule has 0 unspecified atom stereocenters. The Balaban J connectivity index is 2.12. The van der Waals surface area contributed by atoms with E-state index in [9.17, 15) is 9.59 Å². The molecular weight excluding hydrogens is 186 g/mol. The molecule has 0 spiro atoms. The second kappa shape index (κ2) is 4.95. The van der Waals surface area contributed by atoms with Crippen LogP contribution in [0.3, 0.4) is 0 Å². The van der Waals surface area contributed by atoms with Gasteiger partial charge in [-0.15, -0.1) is 0 Å². The lowest BCUT2D eigenvalue weighted by atomic mass is 10.1. The Morgan fingerprint density at radius 1 is 1.43 bits per heavy atom. The van der Waals surface area contributed by atoms with Gasteiger partial charge in [0.05, 0.1) is 19.1 Å². The summed E-state index contributed by atoms with van der Waals surface area (Å²) in [6.07, 6.45) is -0.0910. The van der Waals surface area contributed by atoms with Gasteiger partial charge in [-0.1, -0.05) is 0 Å². The summed E-state index contributed by atoms with van der Waals surface area (Å²) in [6.45, 7) is 2.85. The molecule has 0 atom stereocenters. The van der Waals surface area contributed by atoms with Crippen molar-refractivity contribution in [3.8, 4) is 0 Å². The Kier molecular flexibility index (Phi) is 3.88. The molecule has 0 aromatic rings. The SMILES string of the molecule is CCOC(=O)CCC(=O)N1CC(O)C1. The number of nitrogens with zero attached hydrogens (tertiary/aromatic N) is 1. The minimum Gasteiger partial charge on any atom is -0.466 e. The Morgan fingerprint density at radius 3 is 2.57 bits per heavy atom. The number of amides is 1. The van der Waals surface area contributed by atoms with Gasteiger partial charge in [0.15, 0.2) is 0 Å². The van der Waals surface area contributed by atoms with Gasteiger partial charge >= 0.3 is 5.97 Å². The predicted octanol–water partition coefficient (Wildman–Crippen LogP) is -0.467. The molecular formula is C9H15NO4. The second-order valence-corrected chi connectivity index (χ2v) is 3.26. The van der Waals surface area contributed by atoms with Crippen LogP contribution in [0.1, 0.15) is 19.8 Å². The molecule has 1 rings (SSSR count). The quantitative estimate of drug-likeness (QED) is 0.624. The molecule has 0 aliphatic carbocycles. The molecule has 0 saturated carbocycles. The summed E-state index contributed by atoms with van der Waals surface area (Å²) in [5, 5.41) is 8.94. The van der Waals surface area contributed by atoms with Gasteiger partial charge in [0.25, 0.3) is 0 Å². The summed E-state index contributed by atoms with van der Waals surface area (Å²) in [5.41, 5.74) is 0. The van der Waals surface area contributed by atoms with Crippen LogP contribution in [0.15, 0.2) is 0 Å². The van der Waals surface area contributed by atoms with Gasteiger partial charge in [-0.05, 0) is 6.92 Å². The smallest absolute Gasteiger partial charge is 0.306 e. The van der Waals surface area contributed by atoms with Crippen molar-refractivity contribution < 1.29 is 19.4 Å². The zero-order chi connectivity index (χ0) is 10.6. The van der Waals surface area contributed by atoms with Crippen LogP contribution in [0.25, 0.3) is 0 Å². The number of likely N-dealkylation sites (tertiary alicyclic amines) is 1. The average molecular weight is 201 g/mol. The van der Waals surface area contributed by atoms with Crippen LogP contribution in [-0.4, -0.2) is 47.7 Å². The maximum atomic E-state index is 11.3. The number of carbonyl (C=O) groups excluding carboxylic acids is 2. The minimum absolute atomic E-state index is 0.0941. The third kappa shape index (κ3) is 2.99. The number of β-amino-alcohol motifs (C(OH)–C–C–N with tert-alkyl or cyclic N) is 1. The Hall–Kier alpha value is -1.10. The fourth-order valence-corrected chi connectivity index (χ4v) is 1.26. The van der Waals surface area contributed by atoms with Crippen molar-refractivity contribution in [2.45, 2.75) is 25.9 Å². The number of aliphatic hydroxyl groups excluding tert-OH is 1. The Morgan fingerprint density at radius 2 is 2.07 bits per heavy atom. The summed E-state index contributed by atoms with van der Waals surface area (Å²) >= 11 is 0. The van der Waals surface area contributed by atoms with E-state index in [0.717, 1.165) is 0 Å². The van der Waals surface area contributed by atoms with Crippen LogP contribution in [0.5, 0.6) is 0 Å². The lowest BCUT2D eigenvalue weighted by molar-refractivity contribution is -0.148. The van der Waals surface area contributed by atoms with Gasteiger partial charge < -0.3 is 14.7 Å². The third-order valence-electron chi connectivity index (χ3n) is 2.06. The van der Waals surface area contributed by atoms with Gasteiger partial charge in [-0.2, -0.15) is 0 Å². The van der Waals surface area contributed by atoms with E-state index in [-0.39, 0.29) is 30.8 Å². The van der Waals surface area contributed by atoms with Crippen molar-refractivity contribution in [2.24, 2.45) is 0 Å². The number of esters is 1. The number of aliphatic hydroxyl groups is 1. The number of rotatable bonds is 4. The highest BCUT2D eigenvalue weighted by atomic mass is 16.5. The molecule has 1 aliphatic heterocycles. The molecule has 5 heteroatoms. The van der Waals surface area contributed by atoms with E-state index in [2.05, 4.69) is 4.74 Å². The van der Waals surface area contributed by atoms with Crippen LogP contribution < -0.4 is 0 Å². The van der Waals surface area contributed by atoms with E-state index in [1.807, 2.05) is 0 Å². The first-order valence-electron chi connectivity index (χ1n) is 4.75. The molecule has 1 saturated heterocycles. The molecule has 80 valence electrons. The maximum Gasteiger partial charge on any atom is 0.306 e. The summed E-state index contributed by atoms with van der Waals surface area (Å²) in [4.78, 5) is 23.7. The van der Waals surface area contributed by atoms with Crippen molar-refractivity contribution in [1.82, 2.24) is 4.90 Å². The fourth-order valence-electron chi connectivity index (χ4n) is 1.26. The van der Waals surface area contributed by atoms with E-state index in [4.69, 9.17) is 5.11 Å². The standard InChI is InChI=1S/C9H15NO4/c1-2-14-9(13)4-3-8(12)10-5-7(11)6-10/h7,11H,2-6H2,1H3. The van der Waals surface area contributed by atoms with Crippen molar-refractivity contribution >= 4 is 11.9 Å². The second-order valence-electron chi connectivity index (χ2n) is 3.26. The van der Waals surface area contributed by atoms with Gasteiger partial charge in [0, 0.05) is 19.5 Å². The topological polar surface area (TPSA) is 66.8 Å². The number of ether oxygens (including phenoxy) is 1. The van der Waals surface area contributed by atoms with Crippen LogP contribution in [0.2, 0.25) is 0 Å². The van der Waals surface area contributed by atoms with Crippen molar-refractivity contribution in [3.63, 3.8) is 0 Å². The molecule has 1 fully saturated rings. The van der Waals surface area contributed by atoms with E-state index < -0.39 is 0 Å². The van der Waals surface area contributed by atoms with Crippen LogP contribution in [0, 0.1) is 0 Å². The highest BCUT2D eigenvalue weighted by Crippen LogP contribution is 2.10. The van der Waals surface area contributed by atoms with Crippen molar-refractivity contribution in [3.05, 3.63) is 0 Å². The van der Waals surface area contributed by atoms with E-state index in [0.29, 0.717) is 19.7 Å². The van der Waals surface area contributed by atoms with Crippen LogP contribution in [-0.2, 0) is 14.3 Å². The van der Waals surface area contributed by atoms with Crippen LogP contribution in [0.4, 0.5) is 0 Å². The first kappa shape index (κ1) is 11.0. The molecule has 0 aromatic carbocycles. The first-order valence-corrected chi connectivity index (χ1v) is 4.75. The zero-order valence-electron chi connectivity index (χ0n) is 8.23. The number of hydrogen-bond donors (Lipinski definition) is 1. The summed E-state index contributed by atoms with van der Waals surface area (Å²) in [6, 6.07) is 0. The number of carbonyl (C=O) groups is 2. The molecule has 1 N–H and O–H groups in total. The van der Waals surface area contributed by atoms with Crippen molar-refractivity contribution in [1.29, 1.82) is 0 Å². The third-order valence-corrected chi connectivity index (χ3v) is 2.06. The maximum absolute atomic E-state index is 11.3. The zero-order valence-corrected chi connectivity index (χ0v) is 8.23. The highest BCUT2D eigenvalue weighted by molar-refractivity contribution is 5.81. The summed E-state index contributed by atoms with van der Waals surface area (Å²) < 4.78 is 4.69. The van der Waals surface area contributed by atoms with Crippen molar-refractivity contribution in [2.75, 3.05) is 19.7 Å². The minimum atomic E-state index is -0.387. The van der Waals surface area contributed by atoms with Gasteiger partial charge in [0.2, 0.25) is 5.91 Å². The molecule has 1 aliphatic rings. The lowest BCUT2D eigenvalue weighted by Gasteiger charge is -2.35. The molecule has 5 nitrogen and oxygen atoms in total. The van der Waals surface area contributed by atoms with E-state index in [1.165, 1.54) is 4.90 Å². The van der Waals surface area contributed by atoms with E-state index >= 15 is 0 Å². The lowest BCUT2D eigenvalue weighted by Crippen LogP contribution is -2.53. The van der Waals surface area contributed by atoms with Crippen LogP contribution >= 0.6 is 0 Å². The highest BCUT2D eigenvalue weighted by Gasteiger charge is 2.28. The number of hydrogen-bond acceptors (Lipinski definition) is 4. The molecule has 1 amide bonds. The Labute approximate surface area is 82.6 Å². The van der Waals surface area contributed by atoms with Gasteiger partial charge in [-0.3, -0.25) is 9.59 Å². The summed E-state index contributed by atoms with van der Waals surface area (Å²) in [7, 11) is 0. The average Bonchev–Trinajstić information content (AvgIpc) is 2.10. The largest absolute Gasteiger partial charge is 0.466 e. The fraction of sp³-hybridized carbons (Fsp3) is 0.778.